The van der Waals surface area contributed by atoms with Gasteiger partial charge in [0.1, 0.15) is 0 Å². The van der Waals surface area contributed by atoms with Crippen LogP contribution >= 0.6 is 23.7 Å². The summed E-state index contributed by atoms with van der Waals surface area (Å²) in [4.78, 5) is 27.1. The van der Waals surface area contributed by atoms with Crippen molar-refractivity contribution in [2.24, 2.45) is 5.73 Å². The van der Waals surface area contributed by atoms with E-state index in [1.165, 1.54) is 11.3 Å². The number of nitrogens with two attached hydrogens (primary N) is 1. The topological polar surface area (TPSA) is 75.4 Å². The molecule has 0 aliphatic carbocycles. The van der Waals surface area contributed by atoms with E-state index in [2.05, 4.69) is 5.32 Å². The van der Waals surface area contributed by atoms with Crippen LogP contribution < -0.4 is 11.1 Å². The van der Waals surface area contributed by atoms with Crippen molar-refractivity contribution in [2.75, 3.05) is 18.4 Å². The van der Waals surface area contributed by atoms with Crippen molar-refractivity contribution in [1.82, 2.24) is 4.90 Å². The molecule has 0 bridgehead atoms. The fourth-order valence-corrected chi connectivity index (χ4v) is 3.13. The van der Waals surface area contributed by atoms with Crippen LogP contribution in [0.4, 0.5) is 5.69 Å². The lowest BCUT2D eigenvalue weighted by molar-refractivity contribution is 0.0792. The second-order valence-electron chi connectivity index (χ2n) is 5.28. The average molecular weight is 352 g/mol. The predicted octanol–water partition coefficient (Wildman–Crippen LogP) is 2.60. The number of para-hydroxylation sites is 1. The molecule has 1 aliphatic rings. The number of likely N-dealkylation sites (tertiary alicyclic amines) is 1. The maximum atomic E-state index is 12.6. The minimum atomic E-state index is -0.201. The molecule has 2 amide bonds. The van der Waals surface area contributed by atoms with Crippen LogP contribution in [0, 0.1) is 0 Å². The Balaban J connectivity index is 0.00000192. The first-order valence-corrected chi connectivity index (χ1v) is 8.02. The van der Waals surface area contributed by atoms with Crippen molar-refractivity contribution in [1.29, 1.82) is 0 Å². The SMILES string of the molecule is Cl.N[C@@H]1CCN(C(=O)c2ccccc2NC(=O)c2cccs2)C1. The summed E-state index contributed by atoms with van der Waals surface area (Å²) in [6.07, 6.45) is 0.815. The maximum Gasteiger partial charge on any atom is 0.265 e. The number of rotatable bonds is 3. The Morgan fingerprint density at radius 2 is 2.00 bits per heavy atom. The molecule has 2 heterocycles. The first-order chi connectivity index (χ1) is 10.6. The van der Waals surface area contributed by atoms with E-state index in [-0.39, 0.29) is 30.3 Å². The molecule has 0 saturated carbocycles. The van der Waals surface area contributed by atoms with Gasteiger partial charge < -0.3 is 16.0 Å². The van der Waals surface area contributed by atoms with Gasteiger partial charge in [-0.3, -0.25) is 9.59 Å². The first-order valence-electron chi connectivity index (χ1n) is 7.14. The Labute approximate surface area is 144 Å². The fraction of sp³-hybridized carbons (Fsp3) is 0.250. The lowest BCUT2D eigenvalue weighted by Crippen LogP contribution is -2.32. The molecule has 1 aliphatic heterocycles. The summed E-state index contributed by atoms with van der Waals surface area (Å²) >= 11 is 1.37. The highest BCUT2D eigenvalue weighted by Crippen LogP contribution is 2.21. The summed E-state index contributed by atoms with van der Waals surface area (Å²) in [6.45, 7) is 1.22. The zero-order valence-electron chi connectivity index (χ0n) is 12.4. The maximum absolute atomic E-state index is 12.6. The number of nitrogens with zero attached hydrogens (tertiary/aromatic N) is 1. The largest absolute Gasteiger partial charge is 0.337 e. The predicted molar refractivity (Wildman–Crippen MR) is 94.5 cm³/mol. The second kappa shape index (κ2) is 7.59. The molecule has 0 spiro atoms. The van der Waals surface area contributed by atoms with Gasteiger partial charge in [0, 0.05) is 19.1 Å². The Hall–Kier alpha value is -1.89. The summed E-state index contributed by atoms with van der Waals surface area (Å²) in [5, 5.41) is 4.67. The number of anilines is 1. The minimum Gasteiger partial charge on any atom is -0.337 e. The molecule has 1 saturated heterocycles. The van der Waals surface area contributed by atoms with Gasteiger partial charge in [-0.15, -0.1) is 23.7 Å². The van der Waals surface area contributed by atoms with E-state index in [1.807, 2.05) is 11.4 Å². The number of carbonyl (C=O) groups is 2. The third-order valence-electron chi connectivity index (χ3n) is 3.66. The molecule has 1 atom stereocenters. The number of benzene rings is 1. The number of halogens is 1. The van der Waals surface area contributed by atoms with Gasteiger partial charge >= 0.3 is 0 Å². The van der Waals surface area contributed by atoms with Crippen LogP contribution in [0.5, 0.6) is 0 Å². The summed E-state index contributed by atoms with van der Waals surface area (Å²) in [5.74, 6) is -0.289. The van der Waals surface area contributed by atoms with Gasteiger partial charge in [-0.25, -0.2) is 0 Å². The van der Waals surface area contributed by atoms with Gasteiger partial charge in [0.2, 0.25) is 0 Å². The Kier molecular flexibility index (Phi) is 5.76. The Morgan fingerprint density at radius 3 is 2.65 bits per heavy atom. The van der Waals surface area contributed by atoms with Gasteiger partial charge in [0.15, 0.2) is 0 Å². The number of nitrogens with one attached hydrogen (secondary N) is 1. The fourth-order valence-electron chi connectivity index (χ4n) is 2.51. The molecular formula is C16H18ClN3O2S. The molecular weight excluding hydrogens is 334 g/mol. The van der Waals surface area contributed by atoms with Gasteiger partial charge in [-0.1, -0.05) is 18.2 Å². The number of carbonyl (C=O) groups excluding carboxylic acids is 2. The van der Waals surface area contributed by atoms with Crippen LogP contribution in [0.15, 0.2) is 41.8 Å². The van der Waals surface area contributed by atoms with Crippen LogP contribution in [0.3, 0.4) is 0 Å². The van der Waals surface area contributed by atoms with E-state index in [0.29, 0.717) is 29.2 Å². The van der Waals surface area contributed by atoms with Crippen molar-refractivity contribution >= 4 is 41.2 Å². The first kappa shape index (κ1) is 17.5. The van der Waals surface area contributed by atoms with Crippen molar-refractivity contribution < 1.29 is 9.59 Å². The van der Waals surface area contributed by atoms with Gasteiger partial charge in [0.25, 0.3) is 11.8 Å². The number of hydrogen-bond donors (Lipinski definition) is 2. The molecule has 0 unspecified atom stereocenters. The third kappa shape index (κ3) is 3.90. The van der Waals surface area contributed by atoms with Crippen molar-refractivity contribution in [3.63, 3.8) is 0 Å². The monoisotopic (exact) mass is 351 g/mol. The quantitative estimate of drug-likeness (QED) is 0.892. The van der Waals surface area contributed by atoms with Crippen LogP contribution in [0.1, 0.15) is 26.5 Å². The smallest absolute Gasteiger partial charge is 0.265 e. The molecule has 0 radical (unpaired) electrons. The highest BCUT2D eigenvalue weighted by molar-refractivity contribution is 7.12. The van der Waals surface area contributed by atoms with E-state index in [9.17, 15) is 9.59 Å². The zero-order chi connectivity index (χ0) is 15.5. The van der Waals surface area contributed by atoms with Crippen molar-refractivity contribution in [3.8, 4) is 0 Å². The second-order valence-corrected chi connectivity index (χ2v) is 6.22. The Bertz CT molecular complexity index is 690. The van der Waals surface area contributed by atoms with E-state index in [1.54, 1.807) is 35.2 Å². The normalized spacial score (nSPS) is 16.7. The van der Waals surface area contributed by atoms with Crippen LogP contribution in [0.25, 0.3) is 0 Å². The minimum absolute atomic E-state index is 0. The highest BCUT2D eigenvalue weighted by atomic mass is 35.5. The summed E-state index contributed by atoms with van der Waals surface area (Å²) in [6, 6.07) is 10.7. The molecule has 3 rings (SSSR count). The standard InChI is InChI=1S/C16H17N3O2S.ClH/c17-11-7-8-19(10-11)16(21)12-4-1-2-5-13(12)18-15(20)14-6-3-9-22-14;/h1-6,9,11H,7-8,10,17H2,(H,18,20);1H/t11-;/m1./s1. The molecule has 5 nitrogen and oxygen atoms in total. The van der Waals surface area contributed by atoms with Gasteiger partial charge in [-0.05, 0) is 30.0 Å². The highest BCUT2D eigenvalue weighted by Gasteiger charge is 2.26. The van der Waals surface area contributed by atoms with E-state index in [4.69, 9.17) is 5.73 Å². The van der Waals surface area contributed by atoms with E-state index in [0.717, 1.165) is 6.42 Å². The molecule has 7 heteroatoms. The number of hydrogen-bond acceptors (Lipinski definition) is 4. The van der Waals surface area contributed by atoms with Gasteiger partial charge in [0.05, 0.1) is 16.1 Å². The summed E-state index contributed by atoms with van der Waals surface area (Å²) in [7, 11) is 0. The molecule has 1 aromatic heterocycles. The van der Waals surface area contributed by atoms with Gasteiger partial charge in [-0.2, -0.15) is 0 Å². The van der Waals surface area contributed by atoms with Crippen molar-refractivity contribution in [2.45, 2.75) is 12.5 Å². The third-order valence-corrected chi connectivity index (χ3v) is 4.53. The van der Waals surface area contributed by atoms with Crippen LogP contribution in [0.2, 0.25) is 0 Å². The van der Waals surface area contributed by atoms with Crippen LogP contribution in [-0.2, 0) is 0 Å². The summed E-state index contributed by atoms with van der Waals surface area (Å²) < 4.78 is 0. The molecule has 1 fully saturated rings. The lowest BCUT2D eigenvalue weighted by Gasteiger charge is -2.18. The van der Waals surface area contributed by atoms with E-state index < -0.39 is 0 Å². The number of amides is 2. The number of thiophene rings is 1. The molecule has 122 valence electrons. The summed E-state index contributed by atoms with van der Waals surface area (Å²) in [5.41, 5.74) is 6.90. The van der Waals surface area contributed by atoms with Crippen molar-refractivity contribution in [3.05, 3.63) is 52.2 Å². The van der Waals surface area contributed by atoms with Crippen LogP contribution in [-0.4, -0.2) is 35.8 Å². The van der Waals surface area contributed by atoms with E-state index >= 15 is 0 Å². The lowest BCUT2D eigenvalue weighted by atomic mass is 10.1. The zero-order valence-corrected chi connectivity index (χ0v) is 14.0. The molecule has 2 aromatic rings. The average Bonchev–Trinajstić information content (AvgIpc) is 3.18. The molecule has 1 aromatic carbocycles. The molecule has 23 heavy (non-hydrogen) atoms. The molecule has 3 N–H and O–H groups in total. The Morgan fingerprint density at radius 1 is 1.22 bits per heavy atom.